The van der Waals surface area contributed by atoms with Crippen LogP contribution in [0.1, 0.15) is 50.9 Å². The van der Waals surface area contributed by atoms with E-state index in [1.54, 1.807) is 27.7 Å². The van der Waals surface area contributed by atoms with Crippen molar-refractivity contribution in [3.05, 3.63) is 96.1 Å². The van der Waals surface area contributed by atoms with Crippen molar-refractivity contribution in [2.45, 2.75) is 51.0 Å². The van der Waals surface area contributed by atoms with Crippen molar-refractivity contribution < 1.29 is 19.8 Å². The van der Waals surface area contributed by atoms with Gasteiger partial charge in [-0.2, -0.15) is 0 Å². The highest BCUT2D eigenvalue weighted by atomic mass is 16.3. The van der Waals surface area contributed by atoms with Crippen LogP contribution in [0.3, 0.4) is 0 Å². The van der Waals surface area contributed by atoms with E-state index in [-0.39, 0.29) is 0 Å². The van der Waals surface area contributed by atoms with E-state index >= 15 is 0 Å². The zero-order chi connectivity index (χ0) is 26.1. The van der Waals surface area contributed by atoms with Gasteiger partial charge in [-0.25, -0.2) is 0 Å². The van der Waals surface area contributed by atoms with Crippen molar-refractivity contribution >= 4 is 33.4 Å². The Balaban J connectivity index is 1.58. The van der Waals surface area contributed by atoms with Crippen LogP contribution >= 0.6 is 0 Å². The van der Waals surface area contributed by atoms with Gasteiger partial charge < -0.3 is 20.8 Å². The van der Waals surface area contributed by atoms with Gasteiger partial charge in [-0.05, 0) is 72.5 Å². The minimum atomic E-state index is -1.34. The molecule has 4 N–H and O–H groups in total. The second-order valence-corrected chi connectivity index (χ2v) is 10.3. The summed E-state index contributed by atoms with van der Waals surface area (Å²) in [4.78, 5) is 26.1. The average Bonchev–Trinajstić information content (AvgIpc) is 2.83. The Kier molecular flexibility index (Phi) is 6.85. The maximum atomic E-state index is 13.0. The number of benzene rings is 4. The van der Waals surface area contributed by atoms with Crippen LogP contribution in [0.5, 0.6) is 0 Å². The van der Waals surface area contributed by atoms with E-state index in [2.05, 4.69) is 10.6 Å². The fraction of sp³-hybridized carbons (Fsp3) is 0.267. The molecule has 4 rings (SSSR count). The van der Waals surface area contributed by atoms with Gasteiger partial charge in [0.2, 0.25) is 0 Å². The van der Waals surface area contributed by atoms with Gasteiger partial charge in [-0.3, -0.25) is 9.59 Å². The first-order chi connectivity index (χ1) is 16.9. The molecule has 0 spiro atoms. The van der Waals surface area contributed by atoms with Crippen LogP contribution in [0.4, 0.5) is 0 Å². The minimum Gasteiger partial charge on any atom is -0.388 e. The second-order valence-electron chi connectivity index (χ2n) is 10.3. The van der Waals surface area contributed by atoms with Gasteiger partial charge in [0.05, 0.1) is 23.3 Å². The predicted molar refractivity (Wildman–Crippen MR) is 142 cm³/mol. The van der Waals surface area contributed by atoms with Crippen LogP contribution in [0.25, 0.3) is 21.5 Å². The van der Waals surface area contributed by atoms with E-state index in [0.717, 1.165) is 21.5 Å². The molecule has 0 aliphatic carbocycles. The zero-order valence-corrected chi connectivity index (χ0v) is 20.9. The summed E-state index contributed by atoms with van der Waals surface area (Å²) >= 11 is 0. The van der Waals surface area contributed by atoms with Gasteiger partial charge in [0.15, 0.2) is 0 Å². The number of rotatable bonds is 6. The van der Waals surface area contributed by atoms with E-state index in [1.807, 2.05) is 84.9 Å². The normalized spacial score (nSPS) is 13.8. The lowest BCUT2D eigenvalue weighted by atomic mass is 9.89. The Morgan fingerprint density at radius 3 is 1.25 bits per heavy atom. The second kappa shape index (κ2) is 9.72. The number of fused-ring (bicyclic) bond motifs is 2. The van der Waals surface area contributed by atoms with Gasteiger partial charge >= 0.3 is 11.8 Å². The highest BCUT2D eigenvalue weighted by molar-refractivity contribution is 6.35. The molecule has 36 heavy (non-hydrogen) atoms. The molecule has 0 saturated heterocycles. The summed E-state index contributed by atoms with van der Waals surface area (Å²) in [6.45, 7) is 6.33. The standard InChI is InChI=1S/C30H32N2O4/c1-29(2,35)25(23-15-13-19-9-5-7-11-21(19)17-23)31-27(33)28(34)32-26(30(3,4)36)24-16-14-20-10-6-8-12-22(20)18-24/h5-18,25-26,35-36H,1-4H3,(H,31,33)(H,32,34)/t25-,26-/m1/s1. The van der Waals surface area contributed by atoms with E-state index in [9.17, 15) is 19.8 Å². The van der Waals surface area contributed by atoms with Crippen molar-refractivity contribution in [1.29, 1.82) is 0 Å². The molecule has 0 radical (unpaired) electrons. The fourth-order valence-electron chi connectivity index (χ4n) is 4.50. The molecule has 0 heterocycles. The van der Waals surface area contributed by atoms with E-state index in [4.69, 9.17) is 0 Å². The first-order valence-electron chi connectivity index (χ1n) is 12.0. The molecule has 0 aliphatic rings. The predicted octanol–water partition coefficient (Wildman–Crippen LogP) is 4.55. The van der Waals surface area contributed by atoms with E-state index < -0.39 is 35.1 Å². The fourth-order valence-corrected chi connectivity index (χ4v) is 4.50. The first-order valence-corrected chi connectivity index (χ1v) is 12.0. The largest absolute Gasteiger partial charge is 0.388 e. The third-order valence-electron chi connectivity index (χ3n) is 6.38. The van der Waals surface area contributed by atoms with Gasteiger partial charge in [0, 0.05) is 0 Å². The molecule has 2 amide bonds. The molecule has 0 aliphatic heterocycles. The smallest absolute Gasteiger partial charge is 0.309 e. The van der Waals surface area contributed by atoms with Crippen molar-refractivity contribution in [3.8, 4) is 0 Å². The summed E-state index contributed by atoms with van der Waals surface area (Å²) < 4.78 is 0. The zero-order valence-electron chi connectivity index (χ0n) is 20.9. The molecule has 6 heteroatoms. The molecule has 0 saturated carbocycles. The Morgan fingerprint density at radius 1 is 0.583 bits per heavy atom. The first kappa shape index (κ1) is 25.4. The van der Waals surface area contributed by atoms with Crippen LogP contribution in [0.15, 0.2) is 84.9 Å². The summed E-state index contributed by atoms with van der Waals surface area (Å²) in [5, 5.41) is 31.0. The Bertz CT molecular complexity index is 1310. The molecular weight excluding hydrogens is 452 g/mol. The molecule has 186 valence electrons. The summed E-state index contributed by atoms with van der Waals surface area (Å²) in [5.41, 5.74) is -1.33. The van der Waals surface area contributed by atoms with Crippen molar-refractivity contribution in [2.24, 2.45) is 0 Å². The highest BCUT2D eigenvalue weighted by Crippen LogP contribution is 2.30. The number of aliphatic hydroxyl groups is 2. The number of hydrogen-bond donors (Lipinski definition) is 4. The molecule has 4 aromatic rings. The minimum absolute atomic E-state index is 0.677. The van der Waals surface area contributed by atoms with E-state index in [1.165, 1.54) is 0 Å². The van der Waals surface area contributed by atoms with Crippen molar-refractivity contribution in [1.82, 2.24) is 10.6 Å². The lowest BCUT2D eigenvalue weighted by Gasteiger charge is -2.32. The average molecular weight is 485 g/mol. The number of carbonyl (C=O) groups is 2. The van der Waals surface area contributed by atoms with Gasteiger partial charge in [0.25, 0.3) is 0 Å². The number of carbonyl (C=O) groups excluding carboxylic acids is 2. The molecule has 0 fully saturated rings. The summed E-state index contributed by atoms with van der Waals surface area (Å²) in [6, 6.07) is 25.2. The van der Waals surface area contributed by atoms with Crippen molar-refractivity contribution in [3.63, 3.8) is 0 Å². The molecule has 4 aromatic carbocycles. The lowest BCUT2D eigenvalue weighted by molar-refractivity contribution is -0.142. The summed E-state index contributed by atoms with van der Waals surface area (Å²) in [5.74, 6) is -1.80. The highest BCUT2D eigenvalue weighted by Gasteiger charge is 2.35. The van der Waals surface area contributed by atoms with Crippen LogP contribution in [-0.2, 0) is 9.59 Å². The molecule has 0 aromatic heterocycles. The van der Waals surface area contributed by atoms with Crippen LogP contribution in [0, 0.1) is 0 Å². The molecule has 2 atom stereocenters. The third-order valence-corrected chi connectivity index (χ3v) is 6.38. The maximum absolute atomic E-state index is 13.0. The van der Waals surface area contributed by atoms with Gasteiger partial charge in [-0.1, -0.05) is 72.8 Å². The molecular formula is C30H32N2O4. The quantitative estimate of drug-likeness (QED) is 0.302. The Labute approximate surface area is 211 Å². The van der Waals surface area contributed by atoms with E-state index in [0.29, 0.717) is 11.1 Å². The maximum Gasteiger partial charge on any atom is 0.309 e. The SMILES string of the molecule is CC(C)(O)[C@H](NC(=O)C(=O)N[C@H](c1ccc2ccccc2c1)C(C)(C)O)c1ccc2ccccc2c1. The van der Waals surface area contributed by atoms with Crippen LogP contribution < -0.4 is 10.6 Å². The number of nitrogens with one attached hydrogen (secondary N) is 2. The lowest BCUT2D eigenvalue weighted by Crippen LogP contribution is -2.51. The summed E-state index contributed by atoms with van der Waals surface area (Å²) in [6.07, 6.45) is 0. The third kappa shape index (κ3) is 5.56. The van der Waals surface area contributed by atoms with Gasteiger partial charge in [0.1, 0.15) is 0 Å². The number of amides is 2. The van der Waals surface area contributed by atoms with Gasteiger partial charge in [-0.15, -0.1) is 0 Å². The topological polar surface area (TPSA) is 98.7 Å². The van der Waals surface area contributed by atoms with Crippen LogP contribution in [-0.4, -0.2) is 33.2 Å². The Morgan fingerprint density at radius 2 is 0.917 bits per heavy atom. The van der Waals surface area contributed by atoms with Crippen molar-refractivity contribution in [2.75, 3.05) is 0 Å². The molecule has 6 nitrogen and oxygen atoms in total. The molecule has 0 unspecified atom stereocenters. The molecule has 0 bridgehead atoms. The summed E-state index contributed by atoms with van der Waals surface area (Å²) in [7, 11) is 0. The Hall–Kier alpha value is -3.74. The monoisotopic (exact) mass is 484 g/mol. The van der Waals surface area contributed by atoms with Crippen LogP contribution in [0.2, 0.25) is 0 Å². The number of hydrogen-bond acceptors (Lipinski definition) is 4.